The van der Waals surface area contributed by atoms with Gasteiger partial charge in [0.1, 0.15) is 24.8 Å². The molecule has 0 unspecified atom stereocenters. The first kappa shape index (κ1) is 26.1. The first-order valence-corrected chi connectivity index (χ1v) is 12.7. The smallest absolute Gasteiger partial charge is 0.293 e. The highest BCUT2D eigenvalue weighted by Crippen LogP contribution is 2.39. The van der Waals surface area contributed by atoms with E-state index in [0.29, 0.717) is 37.2 Å². The molecule has 10 heteroatoms. The van der Waals surface area contributed by atoms with Crippen molar-refractivity contribution in [1.82, 2.24) is 4.90 Å². The van der Waals surface area contributed by atoms with Crippen LogP contribution in [0.3, 0.4) is 0 Å². The Morgan fingerprint density at radius 3 is 2.47 bits per heavy atom. The molecule has 3 aromatic carbocycles. The molecule has 0 radical (unpaired) electrons. The van der Waals surface area contributed by atoms with E-state index < -0.39 is 5.91 Å². The van der Waals surface area contributed by atoms with Crippen LogP contribution in [0.25, 0.3) is 6.08 Å². The number of nitrogens with zero attached hydrogens (tertiary/aromatic N) is 1. The highest BCUT2D eigenvalue weighted by atomic mass is 79.9. The number of ether oxygens (including phenoxy) is 3. The number of imide groups is 1. The predicted molar refractivity (Wildman–Crippen MR) is 141 cm³/mol. The van der Waals surface area contributed by atoms with Crippen molar-refractivity contribution in [3.8, 4) is 17.2 Å². The largest absolute Gasteiger partial charge is 0.493 e. The van der Waals surface area contributed by atoms with Crippen molar-refractivity contribution in [3.05, 3.63) is 92.0 Å². The van der Waals surface area contributed by atoms with E-state index in [4.69, 9.17) is 25.8 Å². The lowest BCUT2D eigenvalue weighted by molar-refractivity contribution is -0.123. The second-order valence-electron chi connectivity index (χ2n) is 7.58. The van der Waals surface area contributed by atoms with E-state index in [9.17, 15) is 14.0 Å². The number of halogens is 3. The number of methoxy groups -OCH3 is 1. The number of benzene rings is 3. The molecule has 0 aromatic heterocycles. The summed E-state index contributed by atoms with van der Waals surface area (Å²) in [5.41, 5.74) is 1.44. The molecule has 1 aliphatic heterocycles. The van der Waals surface area contributed by atoms with E-state index in [1.54, 1.807) is 54.6 Å². The van der Waals surface area contributed by atoms with Crippen LogP contribution < -0.4 is 14.2 Å². The molecule has 6 nitrogen and oxygen atoms in total. The van der Waals surface area contributed by atoms with Crippen LogP contribution in [0.5, 0.6) is 17.2 Å². The molecule has 1 aliphatic rings. The van der Waals surface area contributed by atoms with Gasteiger partial charge in [0.05, 0.1) is 23.0 Å². The fraction of sp³-hybridized carbons (Fsp3) is 0.154. The molecule has 2 amide bonds. The zero-order chi connectivity index (χ0) is 25.7. The molecule has 0 saturated carbocycles. The Labute approximate surface area is 225 Å². The molecule has 1 heterocycles. The number of hydrogen-bond donors (Lipinski definition) is 0. The number of carbonyl (C=O) groups is 2. The van der Waals surface area contributed by atoms with E-state index in [2.05, 4.69) is 15.9 Å². The van der Waals surface area contributed by atoms with Gasteiger partial charge < -0.3 is 14.2 Å². The third kappa shape index (κ3) is 6.40. The molecule has 4 rings (SSSR count). The molecular formula is C26H20BrClFNO5S. The van der Waals surface area contributed by atoms with Crippen LogP contribution in [0.15, 0.2) is 70.0 Å². The molecule has 0 aliphatic carbocycles. The van der Waals surface area contributed by atoms with Crippen LogP contribution in [-0.2, 0) is 11.4 Å². The first-order valence-electron chi connectivity index (χ1n) is 10.7. The summed E-state index contributed by atoms with van der Waals surface area (Å²) >= 11 is 10.2. The Hall–Kier alpha value is -3.01. The Balaban J connectivity index is 1.43. The van der Waals surface area contributed by atoms with Gasteiger partial charge in [0.15, 0.2) is 11.5 Å². The van der Waals surface area contributed by atoms with Gasteiger partial charge in [-0.1, -0.05) is 23.7 Å². The Morgan fingerprint density at radius 1 is 1.06 bits per heavy atom. The van der Waals surface area contributed by atoms with Crippen LogP contribution in [0.4, 0.5) is 9.18 Å². The molecule has 1 saturated heterocycles. The maximum Gasteiger partial charge on any atom is 0.293 e. The summed E-state index contributed by atoms with van der Waals surface area (Å²) in [5.74, 6) is 0.789. The summed E-state index contributed by atoms with van der Waals surface area (Å²) in [7, 11) is 1.50. The average Bonchev–Trinajstić information content (AvgIpc) is 3.12. The predicted octanol–water partition coefficient (Wildman–Crippen LogP) is 6.94. The topological polar surface area (TPSA) is 65.1 Å². The second-order valence-corrected chi connectivity index (χ2v) is 9.87. The lowest BCUT2D eigenvalue weighted by Gasteiger charge is -2.14. The molecule has 36 heavy (non-hydrogen) atoms. The molecule has 0 atom stereocenters. The Morgan fingerprint density at radius 2 is 1.78 bits per heavy atom. The highest BCUT2D eigenvalue weighted by Gasteiger charge is 2.35. The quantitative estimate of drug-likeness (QED) is 0.251. The fourth-order valence-electron chi connectivity index (χ4n) is 3.33. The van der Waals surface area contributed by atoms with Crippen molar-refractivity contribution >= 4 is 56.5 Å². The standard InChI is InChI=1S/C26H20BrClFNO5S/c1-33-22-13-17(12-21(27)24(22)35-15-16-2-6-19(29)7-3-16)14-23-25(31)30(26(32)36-23)10-11-34-20-8-4-18(28)5-9-20/h2-9,12-14H,10-11,15H2,1H3/b23-14-. The summed E-state index contributed by atoms with van der Waals surface area (Å²) < 4.78 is 30.7. The SMILES string of the molecule is COc1cc(/C=C2\SC(=O)N(CCOc3ccc(Cl)cc3)C2=O)cc(Br)c1OCc1ccc(F)cc1. The van der Waals surface area contributed by atoms with E-state index in [1.165, 1.54) is 19.2 Å². The van der Waals surface area contributed by atoms with Crippen molar-refractivity contribution < 1.29 is 28.2 Å². The number of rotatable bonds is 9. The second kappa shape index (κ2) is 11.8. The lowest BCUT2D eigenvalue weighted by atomic mass is 10.1. The van der Waals surface area contributed by atoms with Crippen LogP contribution >= 0.6 is 39.3 Å². The Bertz CT molecular complexity index is 1300. The van der Waals surface area contributed by atoms with E-state index >= 15 is 0 Å². The van der Waals surface area contributed by atoms with Crippen LogP contribution in [-0.4, -0.2) is 36.3 Å². The molecule has 0 bridgehead atoms. The maximum atomic E-state index is 13.1. The average molecular weight is 593 g/mol. The molecular weight excluding hydrogens is 573 g/mol. The van der Waals surface area contributed by atoms with Gasteiger partial charge in [-0.25, -0.2) is 4.39 Å². The summed E-state index contributed by atoms with van der Waals surface area (Å²) in [6, 6.07) is 16.3. The summed E-state index contributed by atoms with van der Waals surface area (Å²) in [4.78, 5) is 26.7. The van der Waals surface area contributed by atoms with Crippen molar-refractivity contribution in [3.63, 3.8) is 0 Å². The molecule has 1 fully saturated rings. The zero-order valence-corrected chi connectivity index (χ0v) is 22.2. The van der Waals surface area contributed by atoms with Gasteiger partial charge in [0.25, 0.3) is 11.1 Å². The lowest BCUT2D eigenvalue weighted by Crippen LogP contribution is -2.32. The van der Waals surface area contributed by atoms with Gasteiger partial charge >= 0.3 is 0 Å². The van der Waals surface area contributed by atoms with E-state index in [1.807, 2.05) is 0 Å². The van der Waals surface area contributed by atoms with E-state index in [0.717, 1.165) is 22.2 Å². The zero-order valence-electron chi connectivity index (χ0n) is 19.0. The van der Waals surface area contributed by atoms with Crippen LogP contribution in [0, 0.1) is 5.82 Å². The van der Waals surface area contributed by atoms with Gasteiger partial charge in [0.2, 0.25) is 0 Å². The minimum absolute atomic E-state index is 0.119. The normalized spacial score (nSPS) is 14.4. The van der Waals surface area contributed by atoms with Gasteiger partial charge in [-0.15, -0.1) is 0 Å². The number of thioether (sulfide) groups is 1. The van der Waals surface area contributed by atoms with E-state index in [-0.39, 0.29) is 30.8 Å². The maximum absolute atomic E-state index is 13.1. The van der Waals surface area contributed by atoms with Gasteiger partial charge in [-0.3, -0.25) is 14.5 Å². The van der Waals surface area contributed by atoms with Crippen LogP contribution in [0.1, 0.15) is 11.1 Å². The molecule has 3 aromatic rings. The number of carbonyl (C=O) groups excluding carboxylic acids is 2. The summed E-state index contributed by atoms with van der Waals surface area (Å²) in [6.45, 7) is 0.492. The molecule has 0 spiro atoms. The minimum atomic E-state index is -0.392. The summed E-state index contributed by atoms with van der Waals surface area (Å²) in [6.07, 6.45) is 1.63. The Kier molecular flexibility index (Phi) is 8.56. The molecule has 0 N–H and O–H groups in total. The summed E-state index contributed by atoms with van der Waals surface area (Å²) in [5, 5.41) is 0.227. The van der Waals surface area contributed by atoms with Crippen LogP contribution in [0.2, 0.25) is 5.02 Å². The highest BCUT2D eigenvalue weighted by molar-refractivity contribution is 9.10. The van der Waals surface area contributed by atoms with Crippen molar-refractivity contribution in [2.24, 2.45) is 0 Å². The number of amides is 2. The minimum Gasteiger partial charge on any atom is -0.493 e. The monoisotopic (exact) mass is 591 g/mol. The molecule has 186 valence electrons. The van der Waals surface area contributed by atoms with Gasteiger partial charge in [0, 0.05) is 5.02 Å². The number of hydrogen-bond acceptors (Lipinski definition) is 6. The van der Waals surface area contributed by atoms with Crippen molar-refractivity contribution in [1.29, 1.82) is 0 Å². The fourth-order valence-corrected chi connectivity index (χ4v) is 4.89. The third-order valence-electron chi connectivity index (χ3n) is 5.12. The van der Waals surface area contributed by atoms with Gasteiger partial charge in [-0.05, 0) is 93.4 Å². The van der Waals surface area contributed by atoms with Crippen molar-refractivity contribution in [2.45, 2.75) is 6.61 Å². The van der Waals surface area contributed by atoms with Crippen molar-refractivity contribution in [2.75, 3.05) is 20.3 Å². The third-order valence-corrected chi connectivity index (χ3v) is 6.87. The van der Waals surface area contributed by atoms with Gasteiger partial charge in [-0.2, -0.15) is 0 Å². The first-order chi connectivity index (χ1) is 17.3.